The second kappa shape index (κ2) is 5.59. The fourth-order valence-corrected chi connectivity index (χ4v) is 2.14. The molecule has 0 spiro atoms. The van der Waals surface area contributed by atoms with Crippen LogP contribution in [-0.4, -0.2) is 60.5 Å². The lowest BCUT2D eigenvalue weighted by Crippen LogP contribution is -2.63. The van der Waals surface area contributed by atoms with Crippen LogP contribution in [-0.2, 0) is 9.59 Å². The van der Waals surface area contributed by atoms with Crippen molar-refractivity contribution in [2.45, 2.75) is 31.5 Å². The van der Waals surface area contributed by atoms with Crippen molar-refractivity contribution >= 4 is 11.8 Å². The van der Waals surface area contributed by atoms with Gasteiger partial charge in [0.1, 0.15) is 0 Å². The lowest BCUT2D eigenvalue weighted by Gasteiger charge is -2.37. The normalized spacial score (nSPS) is 20.4. The Morgan fingerprint density at radius 3 is 2.00 bits per heavy atom. The van der Waals surface area contributed by atoms with Crippen LogP contribution >= 0.6 is 0 Å². The summed E-state index contributed by atoms with van der Waals surface area (Å²) in [5.41, 5.74) is 2.24. The van der Waals surface area contributed by atoms with Crippen molar-refractivity contribution in [3.63, 3.8) is 0 Å². The smallest absolute Gasteiger partial charge is 0.349 e. The predicted octanol–water partition coefficient (Wildman–Crippen LogP) is 0.593. The third kappa shape index (κ3) is 3.23. The molecule has 1 atom stereocenters. The van der Waals surface area contributed by atoms with Gasteiger partial charge >= 0.3 is 6.18 Å². The first-order valence-corrected chi connectivity index (χ1v) is 6.34. The van der Waals surface area contributed by atoms with Gasteiger partial charge in [-0.3, -0.25) is 9.59 Å². The van der Waals surface area contributed by atoms with Crippen LogP contribution < -0.4 is 5.73 Å². The fraction of sp³-hybridized carbons (Fsp3) is 0.833. The average molecular weight is 295 g/mol. The summed E-state index contributed by atoms with van der Waals surface area (Å²) >= 11 is 0. The van der Waals surface area contributed by atoms with Crippen molar-refractivity contribution < 1.29 is 22.8 Å². The number of carbonyl (C=O) groups is 2. The first kappa shape index (κ1) is 16.7. The Morgan fingerprint density at radius 2 is 1.65 bits per heavy atom. The Labute approximate surface area is 115 Å². The number of piperidine rings is 1. The van der Waals surface area contributed by atoms with Gasteiger partial charge in [-0.2, -0.15) is 13.2 Å². The van der Waals surface area contributed by atoms with Gasteiger partial charge in [0, 0.05) is 33.1 Å². The second-order valence-corrected chi connectivity index (χ2v) is 5.50. The highest BCUT2D eigenvalue weighted by molar-refractivity contribution is 5.87. The van der Waals surface area contributed by atoms with Gasteiger partial charge < -0.3 is 15.5 Å². The Hall–Kier alpha value is -1.31. The zero-order valence-corrected chi connectivity index (χ0v) is 11.8. The molecule has 0 saturated carbocycles. The SMILES string of the molecule is CN(C)C(=O)C1CCN(C(=O)C(C)(N)C(F)(F)F)CC1. The molecule has 116 valence electrons. The van der Waals surface area contributed by atoms with Crippen molar-refractivity contribution in [3.05, 3.63) is 0 Å². The van der Waals surface area contributed by atoms with E-state index in [0.717, 1.165) is 4.90 Å². The number of amides is 2. The molecule has 1 unspecified atom stereocenters. The molecule has 8 heteroatoms. The van der Waals surface area contributed by atoms with Crippen molar-refractivity contribution in [2.24, 2.45) is 11.7 Å². The number of nitrogens with zero attached hydrogens (tertiary/aromatic N) is 2. The molecule has 1 saturated heterocycles. The van der Waals surface area contributed by atoms with Crippen LogP contribution in [0.4, 0.5) is 13.2 Å². The van der Waals surface area contributed by atoms with Gasteiger partial charge in [0.05, 0.1) is 0 Å². The molecule has 2 amide bonds. The third-order valence-corrected chi connectivity index (χ3v) is 3.61. The highest BCUT2D eigenvalue weighted by Gasteiger charge is 2.55. The number of rotatable bonds is 2. The number of carbonyl (C=O) groups excluding carboxylic acids is 2. The molecule has 0 radical (unpaired) electrons. The summed E-state index contributed by atoms with van der Waals surface area (Å²) in [6.07, 6.45) is -4.08. The summed E-state index contributed by atoms with van der Waals surface area (Å²) in [7, 11) is 3.25. The lowest BCUT2D eigenvalue weighted by atomic mass is 9.93. The van der Waals surface area contributed by atoms with E-state index in [0.29, 0.717) is 19.8 Å². The topological polar surface area (TPSA) is 66.6 Å². The van der Waals surface area contributed by atoms with Gasteiger partial charge in [-0.05, 0) is 19.8 Å². The van der Waals surface area contributed by atoms with Gasteiger partial charge in [-0.25, -0.2) is 0 Å². The summed E-state index contributed by atoms with van der Waals surface area (Å²) in [4.78, 5) is 26.2. The van der Waals surface area contributed by atoms with Crippen LogP contribution in [0.25, 0.3) is 0 Å². The summed E-state index contributed by atoms with van der Waals surface area (Å²) in [6, 6.07) is 0. The molecular formula is C12H20F3N3O2. The average Bonchev–Trinajstić information content (AvgIpc) is 2.35. The molecule has 1 fully saturated rings. The zero-order chi connectivity index (χ0) is 15.7. The highest BCUT2D eigenvalue weighted by atomic mass is 19.4. The second-order valence-electron chi connectivity index (χ2n) is 5.50. The molecule has 0 aromatic heterocycles. The van der Waals surface area contributed by atoms with E-state index in [1.165, 1.54) is 4.90 Å². The summed E-state index contributed by atoms with van der Waals surface area (Å²) in [6.45, 7) is 0.907. The molecule has 0 aliphatic carbocycles. The minimum absolute atomic E-state index is 0.0663. The van der Waals surface area contributed by atoms with E-state index in [2.05, 4.69) is 0 Å². The van der Waals surface area contributed by atoms with Crippen molar-refractivity contribution in [1.29, 1.82) is 0 Å². The third-order valence-electron chi connectivity index (χ3n) is 3.61. The number of nitrogens with two attached hydrogens (primary N) is 1. The number of likely N-dealkylation sites (tertiary alicyclic amines) is 1. The van der Waals surface area contributed by atoms with Crippen molar-refractivity contribution in [2.75, 3.05) is 27.2 Å². The number of hydrogen-bond acceptors (Lipinski definition) is 3. The van der Waals surface area contributed by atoms with E-state index in [4.69, 9.17) is 5.73 Å². The standard InChI is InChI=1S/C12H20F3N3O2/c1-11(16,12(13,14)15)10(20)18-6-4-8(5-7-18)9(19)17(2)3/h8H,4-7,16H2,1-3H3. The quantitative estimate of drug-likeness (QED) is 0.811. The molecule has 1 rings (SSSR count). The summed E-state index contributed by atoms with van der Waals surface area (Å²) in [5, 5.41) is 0. The lowest BCUT2D eigenvalue weighted by molar-refractivity contribution is -0.194. The van der Waals surface area contributed by atoms with E-state index in [9.17, 15) is 22.8 Å². The zero-order valence-electron chi connectivity index (χ0n) is 11.8. The molecule has 1 heterocycles. The highest BCUT2D eigenvalue weighted by Crippen LogP contribution is 2.31. The van der Waals surface area contributed by atoms with Crippen LogP contribution in [0, 0.1) is 5.92 Å². The van der Waals surface area contributed by atoms with E-state index in [-0.39, 0.29) is 24.9 Å². The number of hydrogen-bond donors (Lipinski definition) is 1. The predicted molar refractivity (Wildman–Crippen MR) is 66.6 cm³/mol. The Kier molecular flexibility index (Phi) is 4.68. The van der Waals surface area contributed by atoms with E-state index in [1.54, 1.807) is 14.1 Å². The molecular weight excluding hydrogens is 275 g/mol. The molecule has 1 aliphatic heterocycles. The maximum atomic E-state index is 12.7. The van der Waals surface area contributed by atoms with Crippen LogP contribution in [0.1, 0.15) is 19.8 Å². The Morgan fingerprint density at radius 1 is 1.20 bits per heavy atom. The van der Waals surface area contributed by atoms with Gasteiger partial charge in [0.2, 0.25) is 5.91 Å². The van der Waals surface area contributed by atoms with Gasteiger partial charge in [0.15, 0.2) is 5.54 Å². The largest absolute Gasteiger partial charge is 0.415 e. The minimum Gasteiger partial charge on any atom is -0.349 e. The number of alkyl halides is 3. The van der Waals surface area contributed by atoms with Gasteiger partial charge in [0.25, 0.3) is 5.91 Å². The van der Waals surface area contributed by atoms with E-state index >= 15 is 0 Å². The maximum absolute atomic E-state index is 12.7. The molecule has 0 aromatic rings. The molecule has 20 heavy (non-hydrogen) atoms. The van der Waals surface area contributed by atoms with E-state index in [1.807, 2.05) is 0 Å². The van der Waals surface area contributed by atoms with Crippen LogP contribution in [0.3, 0.4) is 0 Å². The first-order valence-electron chi connectivity index (χ1n) is 6.34. The van der Waals surface area contributed by atoms with Crippen LogP contribution in [0.15, 0.2) is 0 Å². The summed E-state index contributed by atoms with van der Waals surface area (Å²) in [5.74, 6) is -1.45. The molecule has 2 N–H and O–H groups in total. The summed E-state index contributed by atoms with van der Waals surface area (Å²) < 4.78 is 38.1. The molecule has 5 nitrogen and oxygen atoms in total. The monoisotopic (exact) mass is 295 g/mol. The first-order chi connectivity index (χ1) is 8.98. The van der Waals surface area contributed by atoms with Gasteiger partial charge in [-0.1, -0.05) is 0 Å². The number of halogens is 3. The Balaban J connectivity index is 2.67. The van der Waals surface area contributed by atoms with Crippen LogP contribution in [0.5, 0.6) is 0 Å². The van der Waals surface area contributed by atoms with E-state index < -0.39 is 17.6 Å². The van der Waals surface area contributed by atoms with Crippen molar-refractivity contribution in [1.82, 2.24) is 9.80 Å². The molecule has 0 bridgehead atoms. The molecule has 0 aromatic carbocycles. The van der Waals surface area contributed by atoms with Crippen molar-refractivity contribution in [3.8, 4) is 0 Å². The fourth-order valence-electron chi connectivity index (χ4n) is 2.14. The minimum atomic E-state index is -4.79. The molecule has 1 aliphatic rings. The van der Waals surface area contributed by atoms with Gasteiger partial charge in [-0.15, -0.1) is 0 Å². The Bertz CT molecular complexity index is 386. The maximum Gasteiger partial charge on any atom is 0.415 e. The van der Waals surface area contributed by atoms with Crippen LogP contribution in [0.2, 0.25) is 0 Å².